The summed E-state index contributed by atoms with van der Waals surface area (Å²) in [6.45, 7) is 8.05. The molecule has 0 amide bonds. The van der Waals surface area contributed by atoms with Gasteiger partial charge in [-0.05, 0) is 26.7 Å². The molecule has 0 saturated heterocycles. The molecule has 0 N–H and O–H groups in total. The summed E-state index contributed by atoms with van der Waals surface area (Å²) >= 11 is 0. The zero-order valence-corrected chi connectivity index (χ0v) is 10.5. The molecule has 0 aromatic carbocycles. The fourth-order valence-corrected chi connectivity index (χ4v) is 1.25. The van der Waals surface area contributed by atoms with Gasteiger partial charge in [-0.25, -0.2) is 4.79 Å². The van der Waals surface area contributed by atoms with Crippen LogP contribution in [0.5, 0.6) is 0 Å². The summed E-state index contributed by atoms with van der Waals surface area (Å²) in [6.07, 6.45) is 10.1. The van der Waals surface area contributed by atoms with Crippen molar-refractivity contribution in [3.8, 4) is 0 Å². The Morgan fingerprint density at radius 1 is 1.44 bits per heavy atom. The van der Waals surface area contributed by atoms with Crippen molar-refractivity contribution in [3.05, 3.63) is 24.6 Å². The average Bonchev–Trinajstić information content (AvgIpc) is 2.30. The summed E-state index contributed by atoms with van der Waals surface area (Å²) in [4.78, 5) is 10.2. The van der Waals surface area contributed by atoms with Gasteiger partial charge in [0.1, 0.15) is 5.94 Å². The predicted octanol–water partition coefficient (Wildman–Crippen LogP) is 3.51. The molecule has 1 atom stereocenters. The van der Waals surface area contributed by atoms with Crippen LogP contribution < -0.4 is 0 Å². The molecule has 0 spiro atoms. The van der Waals surface area contributed by atoms with E-state index in [0.717, 1.165) is 6.42 Å². The van der Waals surface area contributed by atoms with Crippen LogP contribution in [0.4, 0.5) is 0 Å². The molecule has 0 saturated carbocycles. The van der Waals surface area contributed by atoms with Gasteiger partial charge in [-0.3, -0.25) is 0 Å². The summed E-state index contributed by atoms with van der Waals surface area (Å²) in [5, 5.41) is 0. The van der Waals surface area contributed by atoms with Crippen LogP contribution in [-0.4, -0.2) is 18.7 Å². The van der Waals surface area contributed by atoms with Crippen molar-refractivity contribution in [2.24, 2.45) is 0 Å². The molecule has 0 aromatic heterocycles. The second kappa shape index (κ2) is 10.7. The van der Waals surface area contributed by atoms with Crippen LogP contribution in [0.15, 0.2) is 17.7 Å². The van der Waals surface area contributed by atoms with Crippen molar-refractivity contribution in [1.29, 1.82) is 0 Å². The van der Waals surface area contributed by atoms with Gasteiger partial charge < -0.3 is 4.74 Å². The van der Waals surface area contributed by atoms with Gasteiger partial charge in [0.15, 0.2) is 0 Å². The Kier molecular flexibility index (Phi) is 10.1. The van der Waals surface area contributed by atoms with Gasteiger partial charge in [0.25, 0.3) is 0 Å². The van der Waals surface area contributed by atoms with E-state index in [1.807, 2.05) is 6.08 Å². The highest BCUT2D eigenvalue weighted by Gasteiger charge is 1.97. The molecule has 0 rings (SSSR count). The third-order valence-corrected chi connectivity index (χ3v) is 2.26. The number of carbonyl (C=O) groups excluding carboxylic acids is 1. The number of hydrogen-bond acceptors (Lipinski definition) is 2. The molecule has 0 aromatic rings. The van der Waals surface area contributed by atoms with Crippen LogP contribution in [0, 0.1) is 6.92 Å². The molecule has 1 unspecified atom stereocenters. The molecule has 0 aliphatic carbocycles. The summed E-state index contributed by atoms with van der Waals surface area (Å²) in [7, 11) is 0. The zero-order chi connectivity index (χ0) is 12.2. The second-order valence-corrected chi connectivity index (χ2v) is 4.01. The van der Waals surface area contributed by atoms with E-state index in [4.69, 9.17) is 4.74 Å². The number of rotatable bonds is 9. The van der Waals surface area contributed by atoms with E-state index in [1.54, 1.807) is 12.9 Å². The summed E-state index contributed by atoms with van der Waals surface area (Å²) in [5.74, 6) is 1.80. The standard InChI is InChI=1S/C14H23O2/c1-4-5-6-7-8-9-10-14(3)16-12-13(2)11-15/h9-10,14H,3-8,12H2,1-2H3. The number of unbranched alkanes of at least 4 members (excludes halogenated alkanes) is 4. The molecule has 2 nitrogen and oxygen atoms in total. The topological polar surface area (TPSA) is 26.3 Å². The van der Waals surface area contributed by atoms with E-state index >= 15 is 0 Å². The Labute approximate surface area is 99.4 Å². The third-order valence-electron chi connectivity index (χ3n) is 2.26. The van der Waals surface area contributed by atoms with Crippen LogP contribution in [-0.2, 0) is 9.53 Å². The van der Waals surface area contributed by atoms with Gasteiger partial charge >= 0.3 is 0 Å². The fourth-order valence-electron chi connectivity index (χ4n) is 1.25. The van der Waals surface area contributed by atoms with Crippen molar-refractivity contribution in [2.75, 3.05) is 6.61 Å². The molecule has 0 bridgehead atoms. The van der Waals surface area contributed by atoms with E-state index in [1.165, 1.54) is 25.7 Å². The maximum atomic E-state index is 10.2. The summed E-state index contributed by atoms with van der Waals surface area (Å²) < 4.78 is 5.32. The fraction of sp³-hybridized carbons (Fsp3) is 0.643. The minimum absolute atomic E-state index is 0.172. The largest absolute Gasteiger partial charge is 0.369 e. The first kappa shape index (κ1) is 15.2. The number of hydrogen-bond donors (Lipinski definition) is 0. The molecule has 0 aliphatic heterocycles. The monoisotopic (exact) mass is 223 g/mol. The van der Waals surface area contributed by atoms with Crippen LogP contribution in [0.25, 0.3) is 0 Å². The van der Waals surface area contributed by atoms with E-state index in [0.29, 0.717) is 12.2 Å². The van der Waals surface area contributed by atoms with Crippen molar-refractivity contribution in [2.45, 2.75) is 52.1 Å². The van der Waals surface area contributed by atoms with E-state index < -0.39 is 0 Å². The van der Waals surface area contributed by atoms with Crippen LogP contribution in [0.1, 0.15) is 46.0 Å². The number of allylic oxidation sites excluding steroid dienone is 1. The minimum atomic E-state index is -0.172. The lowest BCUT2D eigenvalue weighted by Crippen LogP contribution is -2.07. The van der Waals surface area contributed by atoms with E-state index in [-0.39, 0.29) is 6.10 Å². The average molecular weight is 223 g/mol. The van der Waals surface area contributed by atoms with Crippen molar-refractivity contribution in [1.82, 2.24) is 0 Å². The first-order chi connectivity index (χ1) is 7.70. The van der Waals surface area contributed by atoms with E-state index in [2.05, 4.69) is 19.9 Å². The van der Waals surface area contributed by atoms with Gasteiger partial charge in [0.05, 0.1) is 12.7 Å². The zero-order valence-electron chi connectivity index (χ0n) is 10.5. The normalized spacial score (nSPS) is 12.7. The van der Waals surface area contributed by atoms with Gasteiger partial charge in [-0.15, -0.1) is 0 Å². The molecular weight excluding hydrogens is 200 g/mol. The predicted molar refractivity (Wildman–Crippen MR) is 67.9 cm³/mol. The number of ether oxygens (including phenoxy) is 1. The smallest absolute Gasteiger partial charge is 0.125 e. The molecule has 0 aliphatic rings. The van der Waals surface area contributed by atoms with Gasteiger partial charge in [-0.2, -0.15) is 0 Å². The van der Waals surface area contributed by atoms with Gasteiger partial charge in [0, 0.05) is 5.57 Å². The van der Waals surface area contributed by atoms with E-state index in [9.17, 15) is 4.79 Å². The van der Waals surface area contributed by atoms with Crippen LogP contribution in [0.2, 0.25) is 0 Å². The Bertz CT molecular complexity index is 237. The molecule has 1 radical (unpaired) electrons. The van der Waals surface area contributed by atoms with Gasteiger partial charge in [0.2, 0.25) is 0 Å². The van der Waals surface area contributed by atoms with Crippen molar-refractivity contribution < 1.29 is 9.53 Å². The van der Waals surface area contributed by atoms with Crippen LogP contribution >= 0.6 is 0 Å². The maximum Gasteiger partial charge on any atom is 0.125 e. The quantitative estimate of drug-likeness (QED) is 0.340. The van der Waals surface area contributed by atoms with Crippen molar-refractivity contribution >= 4 is 5.94 Å². The van der Waals surface area contributed by atoms with Gasteiger partial charge in [-0.1, -0.05) is 38.3 Å². The highest BCUT2D eigenvalue weighted by molar-refractivity contribution is 5.51. The first-order valence-electron chi connectivity index (χ1n) is 6.02. The lowest BCUT2D eigenvalue weighted by Gasteiger charge is -2.06. The van der Waals surface area contributed by atoms with Crippen LogP contribution in [0.3, 0.4) is 0 Å². The molecule has 91 valence electrons. The van der Waals surface area contributed by atoms with Crippen molar-refractivity contribution in [3.63, 3.8) is 0 Å². The Balaban J connectivity index is 3.50. The Hall–Kier alpha value is -0.850. The highest BCUT2D eigenvalue weighted by atomic mass is 16.5. The third kappa shape index (κ3) is 9.70. The first-order valence-corrected chi connectivity index (χ1v) is 6.02. The molecule has 0 fully saturated rings. The molecule has 2 heteroatoms. The second-order valence-electron chi connectivity index (χ2n) is 4.01. The SMILES string of the molecule is [CH2]C(C=CCCCCCC)OCC(C)=C=O. The Morgan fingerprint density at radius 2 is 2.19 bits per heavy atom. The lowest BCUT2D eigenvalue weighted by molar-refractivity contribution is 0.135. The highest BCUT2D eigenvalue weighted by Crippen LogP contribution is 2.04. The molecular formula is C14H23O2. The lowest BCUT2D eigenvalue weighted by atomic mass is 10.1. The molecule has 16 heavy (non-hydrogen) atoms. The minimum Gasteiger partial charge on any atom is -0.369 e. The maximum absolute atomic E-state index is 10.2. The Morgan fingerprint density at radius 3 is 2.81 bits per heavy atom. The summed E-state index contributed by atoms with van der Waals surface area (Å²) in [5.41, 5.74) is 0.574. The molecule has 0 heterocycles. The summed E-state index contributed by atoms with van der Waals surface area (Å²) in [6, 6.07) is 0.